The van der Waals surface area contributed by atoms with Crippen molar-refractivity contribution in [1.29, 1.82) is 0 Å². The lowest BCUT2D eigenvalue weighted by atomic mass is 10.1. The smallest absolute Gasteiger partial charge is 0.0666 e. The molecule has 0 aromatic carbocycles. The lowest BCUT2D eigenvalue weighted by Crippen LogP contribution is -2.42. The largest absolute Gasteiger partial charge is 0.327 e. The van der Waals surface area contributed by atoms with Crippen LogP contribution in [0.25, 0.3) is 0 Å². The Kier molecular flexibility index (Phi) is 3.61. The van der Waals surface area contributed by atoms with Gasteiger partial charge in [0.05, 0.1) is 5.69 Å². The van der Waals surface area contributed by atoms with Gasteiger partial charge in [0, 0.05) is 37.9 Å². The standard InChI is InChI=1S/C12H22N4/c1-3-12-10(7-15(2)14-12)8-16-6-4-5-11(13)9-16/h7,11H,3-6,8-9,13H2,1-2H3. The maximum Gasteiger partial charge on any atom is 0.0666 e. The Morgan fingerprint density at radius 3 is 3.06 bits per heavy atom. The highest BCUT2D eigenvalue weighted by molar-refractivity contribution is 5.17. The van der Waals surface area contributed by atoms with E-state index < -0.39 is 0 Å². The molecule has 1 unspecified atom stereocenters. The van der Waals surface area contributed by atoms with E-state index in [0.29, 0.717) is 6.04 Å². The van der Waals surface area contributed by atoms with Crippen molar-refractivity contribution < 1.29 is 0 Å². The zero-order valence-corrected chi connectivity index (χ0v) is 10.3. The van der Waals surface area contributed by atoms with E-state index in [9.17, 15) is 0 Å². The molecular formula is C12H22N4. The minimum atomic E-state index is 0.357. The highest BCUT2D eigenvalue weighted by Crippen LogP contribution is 2.15. The van der Waals surface area contributed by atoms with Crippen molar-refractivity contribution in [3.05, 3.63) is 17.5 Å². The molecule has 1 fully saturated rings. The Labute approximate surface area is 97.4 Å². The molecule has 4 heteroatoms. The summed E-state index contributed by atoms with van der Waals surface area (Å²) in [7, 11) is 1.99. The number of nitrogens with two attached hydrogens (primary N) is 1. The maximum absolute atomic E-state index is 5.99. The van der Waals surface area contributed by atoms with Crippen LogP contribution in [0.2, 0.25) is 0 Å². The predicted octanol–water partition coefficient (Wildman–Crippen LogP) is 0.906. The second-order valence-electron chi connectivity index (χ2n) is 4.77. The van der Waals surface area contributed by atoms with E-state index in [-0.39, 0.29) is 0 Å². The highest BCUT2D eigenvalue weighted by Gasteiger charge is 2.18. The number of nitrogens with zero attached hydrogens (tertiary/aromatic N) is 3. The number of rotatable bonds is 3. The summed E-state index contributed by atoms with van der Waals surface area (Å²) in [5.41, 5.74) is 8.58. The molecular weight excluding hydrogens is 200 g/mol. The molecule has 0 aliphatic carbocycles. The molecule has 1 aliphatic rings. The fourth-order valence-electron chi connectivity index (χ4n) is 2.49. The third kappa shape index (κ3) is 2.62. The Hall–Kier alpha value is -0.870. The van der Waals surface area contributed by atoms with Crippen LogP contribution < -0.4 is 5.73 Å². The monoisotopic (exact) mass is 222 g/mol. The molecule has 2 heterocycles. The summed E-state index contributed by atoms with van der Waals surface area (Å²) < 4.78 is 1.91. The van der Waals surface area contributed by atoms with Gasteiger partial charge in [-0.15, -0.1) is 0 Å². The molecule has 0 radical (unpaired) electrons. The van der Waals surface area contributed by atoms with E-state index in [4.69, 9.17) is 5.73 Å². The molecule has 0 spiro atoms. The Morgan fingerprint density at radius 2 is 2.38 bits per heavy atom. The first kappa shape index (κ1) is 11.6. The highest BCUT2D eigenvalue weighted by atomic mass is 15.3. The second kappa shape index (κ2) is 4.97. The van der Waals surface area contributed by atoms with Crippen LogP contribution in [0.1, 0.15) is 31.0 Å². The van der Waals surface area contributed by atoms with Crippen LogP contribution in [-0.4, -0.2) is 33.8 Å². The van der Waals surface area contributed by atoms with Crippen LogP contribution >= 0.6 is 0 Å². The molecule has 2 rings (SSSR count). The summed E-state index contributed by atoms with van der Waals surface area (Å²) >= 11 is 0. The normalized spacial score (nSPS) is 22.6. The molecule has 0 saturated carbocycles. The lowest BCUT2D eigenvalue weighted by Gasteiger charge is -2.30. The number of hydrogen-bond donors (Lipinski definition) is 1. The summed E-state index contributed by atoms with van der Waals surface area (Å²) in [5.74, 6) is 0. The molecule has 16 heavy (non-hydrogen) atoms. The third-order valence-electron chi connectivity index (χ3n) is 3.26. The topological polar surface area (TPSA) is 47.1 Å². The molecule has 2 N–H and O–H groups in total. The number of aromatic nitrogens is 2. The molecule has 1 saturated heterocycles. The van der Waals surface area contributed by atoms with Crippen molar-refractivity contribution in [2.75, 3.05) is 13.1 Å². The molecule has 1 atom stereocenters. The maximum atomic E-state index is 5.99. The quantitative estimate of drug-likeness (QED) is 0.827. The van der Waals surface area contributed by atoms with Gasteiger partial charge < -0.3 is 5.73 Å². The van der Waals surface area contributed by atoms with Gasteiger partial charge in [-0.3, -0.25) is 9.58 Å². The van der Waals surface area contributed by atoms with Gasteiger partial charge in [-0.2, -0.15) is 5.10 Å². The summed E-state index contributed by atoms with van der Waals surface area (Å²) in [4.78, 5) is 2.45. The van der Waals surface area contributed by atoms with Crippen molar-refractivity contribution in [2.45, 2.75) is 38.8 Å². The summed E-state index contributed by atoms with van der Waals surface area (Å²) in [5, 5.41) is 4.47. The molecule has 4 nitrogen and oxygen atoms in total. The van der Waals surface area contributed by atoms with E-state index in [1.807, 2.05) is 11.7 Å². The van der Waals surface area contributed by atoms with E-state index in [2.05, 4.69) is 23.1 Å². The van der Waals surface area contributed by atoms with E-state index >= 15 is 0 Å². The minimum absolute atomic E-state index is 0.357. The zero-order valence-electron chi connectivity index (χ0n) is 10.3. The summed E-state index contributed by atoms with van der Waals surface area (Å²) in [6, 6.07) is 0.357. The SMILES string of the molecule is CCc1nn(C)cc1CN1CCCC(N)C1. The van der Waals surface area contributed by atoms with Crippen LogP contribution in [0.5, 0.6) is 0 Å². The molecule has 1 aliphatic heterocycles. The summed E-state index contributed by atoms with van der Waals surface area (Å²) in [6.07, 6.45) is 5.54. The fourth-order valence-corrected chi connectivity index (χ4v) is 2.49. The summed E-state index contributed by atoms with van der Waals surface area (Å²) in [6.45, 7) is 5.36. The molecule has 1 aromatic heterocycles. The number of hydrogen-bond acceptors (Lipinski definition) is 3. The average molecular weight is 222 g/mol. The van der Waals surface area contributed by atoms with Crippen LogP contribution in [-0.2, 0) is 20.0 Å². The predicted molar refractivity (Wildman–Crippen MR) is 65.1 cm³/mol. The number of likely N-dealkylation sites (tertiary alicyclic amines) is 1. The minimum Gasteiger partial charge on any atom is -0.327 e. The first-order valence-corrected chi connectivity index (χ1v) is 6.18. The second-order valence-corrected chi connectivity index (χ2v) is 4.77. The van der Waals surface area contributed by atoms with Gasteiger partial charge in [0.1, 0.15) is 0 Å². The Balaban J connectivity index is 2.02. The van der Waals surface area contributed by atoms with Crippen LogP contribution in [0, 0.1) is 0 Å². The van der Waals surface area contributed by atoms with Gasteiger partial charge in [-0.05, 0) is 25.8 Å². The van der Waals surface area contributed by atoms with E-state index in [1.165, 1.54) is 30.6 Å². The van der Waals surface area contributed by atoms with Gasteiger partial charge in [-0.1, -0.05) is 6.92 Å². The number of piperidine rings is 1. The van der Waals surface area contributed by atoms with Crippen LogP contribution in [0.3, 0.4) is 0 Å². The Morgan fingerprint density at radius 1 is 1.56 bits per heavy atom. The van der Waals surface area contributed by atoms with Gasteiger partial charge in [0.15, 0.2) is 0 Å². The van der Waals surface area contributed by atoms with Crippen molar-refractivity contribution in [2.24, 2.45) is 12.8 Å². The van der Waals surface area contributed by atoms with Crippen molar-refractivity contribution >= 4 is 0 Å². The molecule has 0 bridgehead atoms. The average Bonchev–Trinajstić information content (AvgIpc) is 2.59. The van der Waals surface area contributed by atoms with E-state index in [1.54, 1.807) is 0 Å². The molecule has 1 aromatic rings. The molecule has 0 amide bonds. The molecule has 90 valence electrons. The van der Waals surface area contributed by atoms with Gasteiger partial charge in [0.25, 0.3) is 0 Å². The Bertz CT molecular complexity index is 345. The fraction of sp³-hybridized carbons (Fsp3) is 0.750. The van der Waals surface area contributed by atoms with Gasteiger partial charge in [-0.25, -0.2) is 0 Å². The van der Waals surface area contributed by atoms with Crippen LogP contribution in [0.4, 0.5) is 0 Å². The van der Waals surface area contributed by atoms with E-state index in [0.717, 1.165) is 19.5 Å². The lowest BCUT2D eigenvalue weighted by molar-refractivity contribution is 0.201. The van der Waals surface area contributed by atoms with Gasteiger partial charge in [0.2, 0.25) is 0 Å². The number of aryl methyl sites for hydroxylation is 2. The van der Waals surface area contributed by atoms with Crippen molar-refractivity contribution in [3.8, 4) is 0 Å². The van der Waals surface area contributed by atoms with Crippen molar-refractivity contribution in [3.63, 3.8) is 0 Å². The van der Waals surface area contributed by atoms with Gasteiger partial charge >= 0.3 is 0 Å². The van der Waals surface area contributed by atoms with Crippen LogP contribution in [0.15, 0.2) is 6.20 Å². The van der Waals surface area contributed by atoms with Crippen molar-refractivity contribution in [1.82, 2.24) is 14.7 Å². The first-order chi connectivity index (χ1) is 7.69. The third-order valence-corrected chi connectivity index (χ3v) is 3.26. The zero-order chi connectivity index (χ0) is 11.5. The first-order valence-electron chi connectivity index (χ1n) is 6.18.